The zero-order chi connectivity index (χ0) is 23.8. The van der Waals surface area contributed by atoms with Gasteiger partial charge in [-0.25, -0.2) is 5.43 Å². The summed E-state index contributed by atoms with van der Waals surface area (Å²) in [6, 6.07) is 14.0. The molecule has 0 atom stereocenters. The van der Waals surface area contributed by atoms with Crippen molar-refractivity contribution in [2.45, 2.75) is 52.5 Å². The highest BCUT2D eigenvalue weighted by Crippen LogP contribution is 2.28. The number of unbranched alkanes of at least 4 members (excludes halogenated alkanes) is 3. The Labute approximate surface area is 200 Å². The van der Waals surface area contributed by atoms with E-state index in [9.17, 15) is 0 Å². The molecule has 0 aliphatic rings. The molecule has 2 heterocycles. The first-order valence-electron chi connectivity index (χ1n) is 12.0. The van der Waals surface area contributed by atoms with Crippen LogP contribution in [0.25, 0.3) is 22.1 Å². The van der Waals surface area contributed by atoms with E-state index in [-0.39, 0.29) is 0 Å². The fraction of sp³-hybridized carbons (Fsp3) is 0.385. The molecule has 0 aliphatic carbocycles. The molecule has 8 nitrogen and oxygen atoms in total. The van der Waals surface area contributed by atoms with Gasteiger partial charge in [-0.15, -0.1) is 10.2 Å². The molecule has 8 heteroatoms. The number of hydrogen-bond donors (Lipinski definition) is 1. The molecule has 4 rings (SSSR count). The standard InChI is InChI=1S/C26H32N6O2/c1-4-6-7-10-15-32-21-12-9-8-11-20(21)24-25(32)28-26(31-29-24)30-27-18-19-13-14-22(34-16-5-2)23(17-19)33-3/h8-9,11-14,17-18H,4-7,10,15-16H2,1-3H3,(H,28,30,31)/b27-18+. The molecule has 0 spiro atoms. The number of para-hydroxylation sites is 1. The molecule has 0 aliphatic heterocycles. The van der Waals surface area contributed by atoms with Gasteiger partial charge in [-0.2, -0.15) is 10.1 Å². The number of fused-ring (bicyclic) bond motifs is 3. The first kappa shape index (κ1) is 23.5. The number of aromatic nitrogens is 4. The van der Waals surface area contributed by atoms with Gasteiger partial charge in [-0.1, -0.05) is 51.3 Å². The van der Waals surface area contributed by atoms with Gasteiger partial charge in [0.1, 0.15) is 5.52 Å². The second kappa shape index (κ2) is 11.4. The highest BCUT2D eigenvalue weighted by atomic mass is 16.5. The van der Waals surface area contributed by atoms with Crippen LogP contribution in [0.4, 0.5) is 5.95 Å². The minimum atomic E-state index is 0.358. The van der Waals surface area contributed by atoms with Crippen LogP contribution >= 0.6 is 0 Å². The largest absolute Gasteiger partial charge is 0.493 e. The molecule has 0 amide bonds. The number of hydrazone groups is 1. The topological polar surface area (TPSA) is 86.5 Å². The van der Waals surface area contributed by atoms with Crippen molar-refractivity contribution in [3.05, 3.63) is 48.0 Å². The van der Waals surface area contributed by atoms with E-state index in [4.69, 9.17) is 14.5 Å². The zero-order valence-electron chi connectivity index (χ0n) is 20.1. The van der Waals surface area contributed by atoms with E-state index in [0.717, 1.165) is 52.8 Å². The van der Waals surface area contributed by atoms with Crippen LogP contribution in [0, 0.1) is 0 Å². The summed E-state index contributed by atoms with van der Waals surface area (Å²) < 4.78 is 13.4. The van der Waals surface area contributed by atoms with Crippen LogP contribution in [0.1, 0.15) is 51.5 Å². The summed E-state index contributed by atoms with van der Waals surface area (Å²) in [5, 5.41) is 14.1. The molecule has 0 saturated carbocycles. The number of methoxy groups -OCH3 is 1. The van der Waals surface area contributed by atoms with E-state index in [0.29, 0.717) is 18.3 Å². The van der Waals surface area contributed by atoms with Crippen LogP contribution in [-0.4, -0.2) is 39.7 Å². The van der Waals surface area contributed by atoms with Crippen molar-refractivity contribution in [2.24, 2.45) is 5.10 Å². The van der Waals surface area contributed by atoms with Gasteiger partial charge in [0.15, 0.2) is 17.1 Å². The molecule has 2 aromatic heterocycles. The number of nitrogens with zero attached hydrogens (tertiary/aromatic N) is 5. The number of aryl methyl sites for hydroxylation is 1. The second-order valence-corrected chi connectivity index (χ2v) is 8.17. The Balaban J connectivity index is 1.54. The van der Waals surface area contributed by atoms with E-state index in [2.05, 4.69) is 51.3 Å². The maximum absolute atomic E-state index is 5.71. The summed E-state index contributed by atoms with van der Waals surface area (Å²) >= 11 is 0. The lowest BCUT2D eigenvalue weighted by molar-refractivity contribution is 0.294. The highest BCUT2D eigenvalue weighted by Gasteiger charge is 2.14. The highest BCUT2D eigenvalue weighted by molar-refractivity contribution is 6.04. The van der Waals surface area contributed by atoms with Crippen molar-refractivity contribution in [1.29, 1.82) is 0 Å². The van der Waals surface area contributed by atoms with Crippen molar-refractivity contribution in [2.75, 3.05) is 19.1 Å². The van der Waals surface area contributed by atoms with Crippen LogP contribution in [0.15, 0.2) is 47.6 Å². The molecule has 0 unspecified atom stereocenters. The molecule has 0 saturated heterocycles. The number of nitrogens with one attached hydrogen (secondary N) is 1. The number of hydrogen-bond acceptors (Lipinski definition) is 7. The summed E-state index contributed by atoms with van der Waals surface area (Å²) in [5.41, 5.74) is 6.56. The number of ether oxygens (including phenoxy) is 2. The molecule has 0 bridgehead atoms. The number of anilines is 1. The van der Waals surface area contributed by atoms with Crippen LogP contribution in [0.3, 0.4) is 0 Å². The van der Waals surface area contributed by atoms with Crippen LogP contribution in [0.5, 0.6) is 11.5 Å². The average Bonchev–Trinajstić information content (AvgIpc) is 3.18. The lowest BCUT2D eigenvalue weighted by Crippen LogP contribution is -2.03. The van der Waals surface area contributed by atoms with Crippen LogP contribution in [-0.2, 0) is 6.54 Å². The van der Waals surface area contributed by atoms with E-state index in [1.807, 2.05) is 30.3 Å². The Kier molecular flexibility index (Phi) is 7.91. The quantitative estimate of drug-likeness (QED) is 0.163. The summed E-state index contributed by atoms with van der Waals surface area (Å²) in [6.07, 6.45) is 7.38. The smallest absolute Gasteiger partial charge is 0.265 e. The fourth-order valence-corrected chi connectivity index (χ4v) is 3.93. The Bertz CT molecular complexity index is 1270. The minimum absolute atomic E-state index is 0.358. The molecular formula is C26H32N6O2. The third kappa shape index (κ3) is 5.27. The third-order valence-corrected chi connectivity index (χ3v) is 5.64. The van der Waals surface area contributed by atoms with Gasteiger partial charge in [0.05, 0.1) is 25.4 Å². The molecule has 178 valence electrons. The first-order valence-corrected chi connectivity index (χ1v) is 12.0. The van der Waals surface area contributed by atoms with Crippen molar-refractivity contribution < 1.29 is 9.47 Å². The molecular weight excluding hydrogens is 428 g/mol. The predicted molar refractivity (Wildman–Crippen MR) is 137 cm³/mol. The predicted octanol–water partition coefficient (Wildman–Crippen LogP) is 5.80. The summed E-state index contributed by atoms with van der Waals surface area (Å²) in [5.74, 6) is 1.75. The van der Waals surface area contributed by atoms with Gasteiger partial charge < -0.3 is 14.0 Å². The summed E-state index contributed by atoms with van der Waals surface area (Å²) in [7, 11) is 1.63. The Hall–Kier alpha value is -3.68. The lowest BCUT2D eigenvalue weighted by Gasteiger charge is -2.10. The number of rotatable bonds is 12. The van der Waals surface area contributed by atoms with Crippen LogP contribution in [0.2, 0.25) is 0 Å². The van der Waals surface area contributed by atoms with Crippen molar-refractivity contribution in [3.8, 4) is 11.5 Å². The van der Waals surface area contributed by atoms with Crippen molar-refractivity contribution in [3.63, 3.8) is 0 Å². The van der Waals surface area contributed by atoms with Gasteiger partial charge in [-0.05, 0) is 42.7 Å². The Morgan fingerprint density at radius 2 is 1.88 bits per heavy atom. The van der Waals surface area contributed by atoms with Gasteiger partial charge in [0.2, 0.25) is 0 Å². The molecule has 4 aromatic rings. The van der Waals surface area contributed by atoms with Crippen LogP contribution < -0.4 is 14.9 Å². The first-order chi connectivity index (χ1) is 16.7. The second-order valence-electron chi connectivity index (χ2n) is 8.17. The third-order valence-electron chi connectivity index (χ3n) is 5.64. The fourth-order valence-electron chi connectivity index (χ4n) is 3.93. The lowest BCUT2D eigenvalue weighted by atomic mass is 10.2. The Morgan fingerprint density at radius 3 is 2.71 bits per heavy atom. The van der Waals surface area contributed by atoms with E-state index in [1.54, 1.807) is 13.3 Å². The number of benzene rings is 2. The normalized spacial score (nSPS) is 11.5. The molecule has 0 radical (unpaired) electrons. The molecule has 0 fully saturated rings. The maximum atomic E-state index is 5.71. The van der Waals surface area contributed by atoms with Crippen molar-refractivity contribution in [1.82, 2.24) is 19.7 Å². The van der Waals surface area contributed by atoms with E-state index in [1.165, 1.54) is 19.3 Å². The van der Waals surface area contributed by atoms with Crippen molar-refractivity contribution >= 4 is 34.2 Å². The van der Waals surface area contributed by atoms with Gasteiger partial charge in [-0.3, -0.25) is 0 Å². The summed E-state index contributed by atoms with van der Waals surface area (Å²) in [4.78, 5) is 4.74. The molecule has 1 N–H and O–H groups in total. The maximum Gasteiger partial charge on any atom is 0.265 e. The molecule has 34 heavy (non-hydrogen) atoms. The minimum Gasteiger partial charge on any atom is -0.493 e. The monoisotopic (exact) mass is 460 g/mol. The van der Waals surface area contributed by atoms with Gasteiger partial charge in [0, 0.05) is 11.9 Å². The van der Waals surface area contributed by atoms with Gasteiger partial charge >= 0.3 is 0 Å². The summed E-state index contributed by atoms with van der Waals surface area (Å²) in [6.45, 7) is 5.84. The van der Waals surface area contributed by atoms with E-state index >= 15 is 0 Å². The molecule has 2 aromatic carbocycles. The van der Waals surface area contributed by atoms with E-state index < -0.39 is 0 Å². The SMILES string of the molecule is CCCCCCn1c2ccccc2c2nnc(N/N=C/c3ccc(OCCC)c(OC)c3)nc21. The Morgan fingerprint density at radius 1 is 1.00 bits per heavy atom. The average molecular weight is 461 g/mol. The zero-order valence-corrected chi connectivity index (χ0v) is 20.1. The van der Waals surface area contributed by atoms with Gasteiger partial charge in [0.25, 0.3) is 5.95 Å².